The van der Waals surface area contributed by atoms with E-state index in [2.05, 4.69) is 0 Å². The molecule has 1 heterocycles. The number of hydrogen-bond acceptors (Lipinski definition) is 2. The van der Waals surface area contributed by atoms with Crippen LogP contribution in [0.25, 0.3) is 0 Å². The SMILES string of the molecule is O=C(CC12CC3CC(CC(C3)C1)C2)N1CCCCO1. The molecule has 3 nitrogen and oxygen atoms in total. The van der Waals surface area contributed by atoms with Crippen LogP contribution in [0, 0.1) is 23.2 Å². The van der Waals surface area contributed by atoms with Gasteiger partial charge in [-0.25, -0.2) is 5.06 Å². The minimum Gasteiger partial charge on any atom is -0.273 e. The standard InChI is InChI=1S/C16H25NO2/c18-15(17-3-1-2-4-19-17)11-16-8-12-5-13(9-16)7-14(6-12)10-16/h12-14H,1-11H2. The van der Waals surface area contributed by atoms with Gasteiger partial charge in [0.25, 0.3) is 0 Å². The van der Waals surface area contributed by atoms with Gasteiger partial charge in [0, 0.05) is 13.0 Å². The summed E-state index contributed by atoms with van der Waals surface area (Å²) < 4.78 is 0. The van der Waals surface area contributed by atoms with Crippen molar-refractivity contribution in [2.24, 2.45) is 23.2 Å². The first kappa shape index (κ1) is 12.2. The molecule has 5 aliphatic rings. The predicted molar refractivity (Wildman–Crippen MR) is 72.1 cm³/mol. The third kappa shape index (κ3) is 2.20. The van der Waals surface area contributed by atoms with Crippen LogP contribution in [0.5, 0.6) is 0 Å². The number of rotatable bonds is 2. The Morgan fingerprint density at radius 3 is 2.21 bits per heavy atom. The van der Waals surface area contributed by atoms with Crippen molar-refractivity contribution in [2.45, 2.75) is 57.8 Å². The zero-order valence-electron chi connectivity index (χ0n) is 11.8. The lowest BCUT2D eigenvalue weighted by Crippen LogP contribution is -2.48. The molecule has 0 spiro atoms. The molecular weight excluding hydrogens is 238 g/mol. The molecule has 0 N–H and O–H groups in total. The fourth-order valence-electron chi connectivity index (χ4n) is 5.71. The van der Waals surface area contributed by atoms with Gasteiger partial charge in [-0.05, 0) is 74.5 Å². The van der Waals surface area contributed by atoms with E-state index in [4.69, 9.17) is 4.84 Å². The first-order valence-corrected chi connectivity index (χ1v) is 8.16. The maximum atomic E-state index is 12.5. The fourth-order valence-corrected chi connectivity index (χ4v) is 5.71. The molecule has 4 bridgehead atoms. The van der Waals surface area contributed by atoms with Gasteiger partial charge in [-0.2, -0.15) is 0 Å². The molecule has 4 aliphatic carbocycles. The molecule has 0 aromatic rings. The number of nitrogens with zero attached hydrogens (tertiary/aromatic N) is 1. The monoisotopic (exact) mass is 263 g/mol. The van der Waals surface area contributed by atoms with Gasteiger partial charge in [0.1, 0.15) is 0 Å². The first-order valence-electron chi connectivity index (χ1n) is 8.16. The van der Waals surface area contributed by atoms with E-state index in [1.54, 1.807) is 5.06 Å². The average Bonchev–Trinajstić information content (AvgIpc) is 2.37. The molecule has 0 radical (unpaired) electrons. The van der Waals surface area contributed by atoms with E-state index < -0.39 is 0 Å². The Balaban J connectivity index is 1.45. The number of hydroxylamine groups is 2. The van der Waals surface area contributed by atoms with Gasteiger partial charge in [-0.3, -0.25) is 9.63 Å². The zero-order chi connectivity index (χ0) is 12.9. The largest absolute Gasteiger partial charge is 0.273 e. The molecule has 19 heavy (non-hydrogen) atoms. The van der Waals surface area contributed by atoms with E-state index in [1.165, 1.54) is 38.5 Å². The lowest BCUT2D eigenvalue weighted by Gasteiger charge is -2.56. The highest BCUT2D eigenvalue weighted by Gasteiger charge is 2.51. The van der Waals surface area contributed by atoms with Gasteiger partial charge in [0.15, 0.2) is 0 Å². The quantitative estimate of drug-likeness (QED) is 0.766. The summed E-state index contributed by atoms with van der Waals surface area (Å²) in [6.07, 6.45) is 11.3. The van der Waals surface area contributed by atoms with E-state index >= 15 is 0 Å². The predicted octanol–water partition coefficient (Wildman–Crippen LogP) is 3.15. The van der Waals surface area contributed by atoms with E-state index in [-0.39, 0.29) is 5.91 Å². The summed E-state index contributed by atoms with van der Waals surface area (Å²) in [5.41, 5.74) is 0.354. The van der Waals surface area contributed by atoms with Gasteiger partial charge >= 0.3 is 0 Å². The lowest BCUT2D eigenvalue weighted by molar-refractivity contribution is -0.202. The molecule has 1 saturated heterocycles. The van der Waals surface area contributed by atoms with Crippen molar-refractivity contribution in [3.8, 4) is 0 Å². The Morgan fingerprint density at radius 2 is 1.68 bits per heavy atom. The van der Waals surface area contributed by atoms with E-state index in [1.807, 2.05) is 0 Å². The summed E-state index contributed by atoms with van der Waals surface area (Å²) in [5, 5.41) is 1.67. The Hall–Kier alpha value is -0.570. The fraction of sp³-hybridized carbons (Fsp3) is 0.938. The van der Waals surface area contributed by atoms with Gasteiger partial charge in [-0.1, -0.05) is 0 Å². The number of carbonyl (C=O) groups excluding carboxylic acids is 1. The third-order valence-electron chi connectivity index (χ3n) is 5.97. The van der Waals surface area contributed by atoms with Crippen LogP contribution >= 0.6 is 0 Å². The summed E-state index contributed by atoms with van der Waals surface area (Å²) in [5.74, 6) is 3.06. The molecular formula is C16H25NO2. The normalized spacial score (nSPS) is 44.6. The van der Waals surface area contributed by atoms with Crippen molar-refractivity contribution in [1.29, 1.82) is 0 Å². The summed E-state index contributed by atoms with van der Waals surface area (Å²) in [7, 11) is 0. The van der Waals surface area contributed by atoms with Gasteiger partial charge < -0.3 is 0 Å². The van der Waals surface area contributed by atoms with Crippen LogP contribution in [0.4, 0.5) is 0 Å². The van der Waals surface area contributed by atoms with Crippen LogP contribution in [0.3, 0.4) is 0 Å². The Bertz CT molecular complexity index is 338. The maximum absolute atomic E-state index is 12.5. The van der Waals surface area contributed by atoms with Crippen molar-refractivity contribution in [1.82, 2.24) is 5.06 Å². The van der Waals surface area contributed by atoms with E-state index in [0.717, 1.165) is 50.2 Å². The minimum absolute atomic E-state index is 0.265. The van der Waals surface area contributed by atoms with Crippen LogP contribution in [-0.2, 0) is 9.63 Å². The highest BCUT2D eigenvalue weighted by molar-refractivity contribution is 5.76. The van der Waals surface area contributed by atoms with Gasteiger partial charge in [0.2, 0.25) is 5.91 Å². The second-order valence-electron chi connectivity index (χ2n) is 7.63. The Labute approximate surface area is 115 Å². The smallest absolute Gasteiger partial charge is 0.246 e. The maximum Gasteiger partial charge on any atom is 0.246 e. The van der Waals surface area contributed by atoms with Crippen LogP contribution in [0.2, 0.25) is 0 Å². The second kappa shape index (κ2) is 4.47. The molecule has 3 heteroatoms. The van der Waals surface area contributed by atoms with Crippen molar-refractivity contribution < 1.29 is 9.63 Å². The Morgan fingerprint density at radius 1 is 1.05 bits per heavy atom. The van der Waals surface area contributed by atoms with Gasteiger partial charge in [-0.15, -0.1) is 0 Å². The van der Waals surface area contributed by atoms with Crippen LogP contribution in [-0.4, -0.2) is 24.1 Å². The first-order chi connectivity index (χ1) is 9.22. The third-order valence-corrected chi connectivity index (χ3v) is 5.97. The molecule has 4 saturated carbocycles. The summed E-state index contributed by atoms with van der Waals surface area (Å²) in [6, 6.07) is 0. The highest BCUT2D eigenvalue weighted by Crippen LogP contribution is 2.61. The second-order valence-corrected chi connectivity index (χ2v) is 7.63. The summed E-state index contributed by atoms with van der Waals surface area (Å²) >= 11 is 0. The number of amides is 1. The average molecular weight is 263 g/mol. The molecule has 5 fully saturated rings. The van der Waals surface area contributed by atoms with Crippen molar-refractivity contribution in [2.75, 3.05) is 13.2 Å². The summed E-state index contributed by atoms with van der Waals surface area (Å²) in [4.78, 5) is 18.0. The van der Waals surface area contributed by atoms with Gasteiger partial charge in [0.05, 0.1) is 6.61 Å². The van der Waals surface area contributed by atoms with E-state index in [9.17, 15) is 4.79 Å². The van der Waals surface area contributed by atoms with Crippen molar-refractivity contribution in [3.05, 3.63) is 0 Å². The molecule has 0 aromatic heterocycles. The molecule has 0 atom stereocenters. The van der Waals surface area contributed by atoms with Crippen LogP contribution < -0.4 is 0 Å². The molecule has 0 unspecified atom stereocenters. The Kier molecular flexibility index (Phi) is 2.87. The topological polar surface area (TPSA) is 29.5 Å². The van der Waals surface area contributed by atoms with Crippen LogP contribution in [0.15, 0.2) is 0 Å². The van der Waals surface area contributed by atoms with Crippen LogP contribution in [0.1, 0.15) is 57.8 Å². The minimum atomic E-state index is 0.265. The molecule has 0 aromatic carbocycles. The lowest BCUT2D eigenvalue weighted by atomic mass is 9.49. The number of hydrogen-bond donors (Lipinski definition) is 0. The van der Waals surface area contributed by atoms with E-state index in [0.29, 0.717) is 5.41 Å². The summed E-state index contributed by atoms with van der Waals surface area (Å²) in [6.45, 7) is 1.54. The molecule has 5 rings (SSSR count). The molecule has 1 aliphatic heterocycles. The van der Waals surface area contributed by atoms with Crippen molar-refractivity contribution >= 4 is 5.91 Å². The highest BCUT2D eigenvalue weighted by atomic mass is 16.7. The molecule has 1 amide bonds. The number of carbonyl (C=O) groups is 1. The van der Waals surface area contributed by atoms with Crippen molar-refractivity contribution in [3.63, 3.8) is 0 Å². The zero-order valence-corrected chi connectivity index (χ0v) is 11.8. The molecule has 106 valence electrons.